The number of hydrogen-bond donors (Lipinski definition) is 0. The molecule has 3 heterocycles. The Labute approximate surface area is 244 Å². The lowest BCUT2D eigenvalue weighted by atomic mass is 10.1. The molecule has 1 fully saturated rings. The highest BCUT2D eigenvalue weighted by atomic mass is 79.9. The number of nitrogens with zero attached hydrogens (tertiary/aromatic N) is 4. The topological polar surface area (TPSA) is 94.7 Å². The highest BCUT2D eigenvalue weighted by molar-refractivity contribution is 9.10. The zero-order valence-electron chi connectivity index (χ0n) is 21.5. The lowest BCUT2D eigenvalue weighted by molar-refractivity contribution is 0.0730. The molecule has 3 aromatic carbocycles. The van der Waals surface area contributed by atoms with Crippen molar-refractivity contribution in [3.8, 4) is 22.8 Å². The maximum absolute atomic E-state index is 13.0. The monoisotopic (exact) mass is 640 g/mol. The minimum absolute atomic E-state index is 0.204. The van der Waals surface area contributed by atoms with E-state index in [0.29, 0.717) is 48.3 Å². The fourth-order valence-electron chi connectivity index (χ4n) is 4.40. The molecule has 4 aromatic rings. The largest absolute Gasteiger partial charge is 0.454 e. The first-order valence-corrected chi connectivity index (χ1v) is 15.7. The molecular weight excluding hydrogens is 616 g/mol. The van der Waals surface area contributed by atoms with Crippen LogP contribution >= 0.6 is 27.3 Å². The van der Waals surface area contributed by atoms with E-state index in [1.54, 1.807) is 24.3 Å². The van der Waals surface area contributed by atoms with Crippen molar-refractivity contribution in [1.29, 1.82) is 0 Å². The van der Waals surface area contributed by atoms with Gasteiger partial charge >= 0.3 is 0 Å². The van der Waals surface area contributed by atoms with Crippen LogP contribution < -0.4 is 14.3 Å². The minimum atomic E-state index is -3.58. The molecule has 0 radical (unpaired) electrons. The van der Waals surface area contributed by atoms with Crippen molar-refractivity contribution >= 4 is 48.7 Å². The van der Waals surface area contributed by atoms with E-state index in [2.05, 4.69) is 15.9 Å². The predicted molar refractivity (Wildman–Crippen MR) is 157 cm³/mol. The van der Waals surface area contributed by atoms with Gasteiger partial charge in [0.2, 0.25) is 21.6 Å². The smallest absolute Gasteiger partial charge is 0.243 e. The summed E-state index contributed by atoms with van der Waals surface area (Å²) in [5.74, 6) is 1.40. The second-order valence-corrected chi connectivity index (χ2v) is 12.7. The fraction of sp³-hybridized carbons (Fsp3) is 0.214. The molecule has 0 amide bonds. The van der Waals surface area contributed by atoms with E-state index < -0.39 is 10.0 Å². The molecule has 6 rings (SSSR count). The summed E-state index contributed by atoms with van der Waals surface area (Å²) in [5, 5.41) is 6.97. The number of sulfonamides is 1. The van der Waals surface area contributed by atoms with E-state index >= 15 is 0 Å². The van der Waals surface area contributed by atoms with Crippen LogP contribution in [-0.2, 0) is 14.8 Å². The first-order valence-electron chi connectivity index (χ1n) is 12.5. The van der Waals surface area contributed by atoms with Crippen LogP contribution in [0.25, 0.3) is 11.3 Å². The lowest BCUT2D eigenvalue weighted by Crippen LogP contribution is -2.40. The number of fused-ring (bicyclic) bond motifs is 1. The Morgan fingerprint density at radius 1 is 0.975 bits per heavy atom. The third-order valence-electron chi connectivity index (χ3n) is 6.54. The maximum Gasteiger partial charge on any atom is 0.243 e. The first-order chi connectivity index (χ1) is 19.4. The predicted octanol–water partition coefficient (Wildman–Crippen LogP) is 5.23. The summed E-state index contributed by atoms with van der Waals surface area (Å²) in [4.78, 5) is 5.71. The van der Waals surface area contributed by atoms with Gasteiger partial charge in [-0.25, -0.2) is 18.1 Å². The van der Waals surface area contributed by atoms with Crippen LogP contribution in [0.4, 0.5) is 5.69 Å². The van der Waals surface area contributed by atoms with Gasteiger partial charge < -0.3 is 14.2 Å². The Kier molecular flexibility index (Phi) is 7.60. The minimum Gasteiger partial charge on any atom is -0.454 e. The van der Waals surface area contributed by atoms with Crippen molar-refractivity contribution in [3.63, 3.8) is 0 Å². The van der Waals surface area contributed by atoms with Crippen molar-refractivity contribution < 1.29 is 22.6 Å². The summed E-state index contributed by atoms with van der Waals surface area (Å²) < 4.78 is 46.5. The quantitative estimate of drug-likeness (QED) is 0.269. The number of benzene rings is 3. The standard InChI is InChI=1S/C28H25BrN4O5S2/c1-19(20-6-11-26-27(16-20)38-18-37-26)31-33-25(23-4-2-3-5-24(23)29)17-39-28(33)30-21-7-9-22(10-8-21)40(34,35)32-12-14-36-15-13-32/h2-11,16-17H,12-15,18H2,1H3. The van der Waals surface area contributed by atoms with Gasteiger partial charge in [-0.2, -0.15) is 9.41 Å². The average Bonchev–Trinajstić information content (AvgIpc) is 3.61. The highest BCUT2D eigenvalue weighted by Crippen LogP contribution is 2.33. The van der Waals surface area contributed by atoms with Crippen LogP contribution in [0.5, 0.6) is 11.5 Å². The number of hydrogen-bond acceptors (Lipinski definition) is 8. The molecule has 0 atom stereocenters. The highest BCUT2D eigenvalue weighted by Gasteiger charge is 2.26. The summed E-state index contributed by atoms with van der Waals surface area (Å²) >= 11 is 5.11. The molecule has 0 spiro atoms. The number of aromatic nitrogens is 1. The number of ether oxygens (including phenoxy) is 3. The van der Waals surface area contributed by atoms with Crippen molar-refractivity contribution in [2.75, 3.05) is 33.1 Å². The van der Waals surface area contributed by atoms with Crippen LogP contribution in [0.3, 0.4) is 0 Å². The molecular formula is C28H25BrN4O5S2. The van der Waals surface area contributed by atoms with Gasteiger partial charge in [0.05, 0.1) is 35.2 Å². The van der Waals surface area contributed by atoms with E-state index in [1.165, 1.54) is 15.6 Å². The molecule has 9 nitrogen and oxygen atoms in total. The molecule has 206 valence electrons. The molecule has 1 aromatic heterocycles. The van der Waals surface area contributed by atoms with Crippen LogP contribution in [0.1, 0.15) is 12.5 Å². The van der Waals surface area contributed by atoms with Crippen LogP contribution in [0.2, 0.25) is 0 Å². The number of morpholine rings is 1. The Hall–Kier alpha value is -3.29. The zero-order valence-corrected chi connectivity index (χ0v) is 24.7. The molecule has 0 bridgehead atoms. The maximum atomic E-state index is 13.0. The Balaban J connectivity index is 1.40. The first kappa shape index (κ1) is 26.9. The van der Waals surface area contributed by atoms with Crippen molar-refractivity contribution in [2.45, 2.75) is 11.8 Å². The summed E-state index contributed by atoms with van der Waals surface area (Å²) in [6.07, 6.45) is 0. The van der Waals surface area contributed by atoms with Gasteiger partial charge in [-0.05, 0) is 55.5 Å². The number of thiazole rings is 1. The molecule has 1 saturated heterocycles. The molecule has 40 heavy (non-hydrogen) atoms. The fourth-order valence-corrected chi connectivity index (χ4v) is 7.13. The van der Waals surface area contributed by atoms with Gasteiger partial charge in [0.25, 0.3) is 0 Å². The van der Waals surface area contributed by atoms with Crippen molar-refractivity contribution in [3.05, 3.63) is 86.9 Å². The van der Waals surface area contributed by atoms with Gasteiger partial charge in [0.15, 0.2) is 11.5 Å². The van der Waals surface area contributed by atoms with E-state index in [1.807, 2.05) is 59.4 Å². The summed E-state index contributed by atoms with van der Waals surface area (Å²) in [6.45, 7) is 3.63. The van der Waals surface area contributed by atoms with Crippen molar-refractivity contribution in [2.24, 2.45) is 10.1 Å². The van der Waals surface area contributed by atoms with Crippen LogP contribution in [-0.4, -0.2) is 56.2 Å². The van der Waals surface area contributed by atoms with Gasteiger partial charge in [-0.3, -0.25) is 0 Å². The molecule has 0 N–H and O–H groups in total. The molecule has 12 heteroatoms. The molecule has 2 aliphatic rings. The van der Waals surface area contributed by atoms with Gasteiger partial charge in [0, 0.05) is 34.1 Å². The summed E-state index contributed by atoms with van der Waals surface area (Å²) in [5.41, 5.74) is 4.10. The normalized spacial score (nSPS) is 16.4. The molecule has 2 aliphatic heterocycles. The second-order valence-electron chi connectivity index (χ2n) is 9.07. The van der Waals surface area contributed by atoms with E-state index in [4.69, 9.17) is 24.3 Å². The third kappa shape index (κ3) is 5.37. The summed E-state index contributed by atoms with van der Waals surface area (Å²) in [7, 11) is -3.58. The lowest BCUT2D eigenvalue weighted by Gasteiger charge is -2.26. The Morgan fingerprint density at radius 2 is 1.73 bits per heavy atom. The summed E-state index contributed by atoms with van der Waals surface area (Å²) in [6, 6.07) is 20.3. The molecule has 0 aliphatic carbocycles. The van der Waals surface area contributed by atoms with E-state index in [9.17, 15) is 8.42 Å². The third-order valence-corrected chi connectivity index (χ3v) is 9.97. The van der Waals surface area contributed by atoms with Gasteiger partial charge in [-0.15, -0.1) is 11.3 Å². The van der Waals surface area contributed by atoms with Crippen LogP contribution in [0, 0.1) is 0 Å². The number of halogens is 1. The van der Waals surface area contributed by atoms with E-state index in [0.717, 1.165) is 27.0 Å². The Morgan fingerprint density at radius 3 is 2.50 bits per heavy atom. The van der Waals surface area contributed by atoms with Crippen molar-refractivity contribution in [1.82, 2.24) is 8.98 Å². The number of rotatable bonds is 6. The Bertz CT molecular complexity index is 1760. The second kappa shape index (κ2) is 11.3. The van der Waals surface area contributed by atoms with E-state index in [-0.39, 0.29) is 11.7 Å². The molecule has 0 unspecified atom stereocenters. The average molecular weight is 642 g/mol. The zero-order chi connectivity index (χ0) is 27.7. The SMILES string of the molecule is CC(=Nn1c(-c2ccccc2Br)csc1=Nc1ccc(S(=O)(=O)N2CCOCC2)cc1)c1ccc2c(c1)OCO2. The van der Waals surface area contributed by atoms with Crippen LogP contribution in [0.15, 0.2) is 91.6 Å². The van der Waals surface area contributed by atoms with Gasteiger partial charge in [-0.1, -0.05) is 34.1 Å². The molecule has 0 saturated carbocycles. The van der Waals surface area contributed by atoms with Gasteiger partial charge in [0.1, 0.15) is 0 Å².